The highest BCUT2D eigenvalue weighted by molar-refractivity contribution is 8.02. The van der Waals surface area contributed by atoms with Crippen LogP contribution < -0.4 is 10.2 Å². The van der Waals surface area contributed by atoms with E-state index in [-0.39, 0.29) is 17.9 Å². The Morgan fingerprint density at radius 3 is 2.54 bits per heavy atom. The van der Waals surface area contributed by atoms with Crippen LogP contribution >= 0.6 is 18.5 Å². The molecular weight excluding hydrogens is 499 g/mol. The summed E-state index contributed by atoms with van der Waals surface area (Å²) in [6, 6.07) is 18.4. The lowest BCUT2D eigenvalue weighted by atomic mass is 10.0. The van der Waals surface area contributed by atoms with E-state index in [2.05, 4.69) is 5.32 Å². The molecule has 8 heteroatoms. The van der Waals surface area contributed by atoms with Crippen LogP contribution in [0.25, 0.3) is 0 Å². The molecule has 2 atom stereocenters. The molecule has 5 nitrogen and oxygen atoms in total. The molecule has 1 N–H and O–H groups in total. The first-order valence-electron chi connectivity index (χ1n) is 11.4. The maximum atomic E-state index is 13.7. The molecule has 3 aromatic carbocycles. The van der Waals surface area contributed by atoms with Crippen molar-refractivity contribution in [2.75, 3.05) is 23.4 Å². The van der Waals surface area contributed by atoms with Crippen molar-refractivity contribution >= 4 is 53.5 Å². The number of benzene rings is 3. The molecule has 0 saturated heterocycles. The van der Waals surface area contributed by atoms with E-state index in [1.807, 2.05) is 56.9 Å². The number of rotatable bonds is 5. The van der Waals surface area contributed by atoms with E-state index in [1.54, 1.807) is 29.2 Å². The fourth-order valence-corrected chi connectivity index (χ4v) is 5.46. The van der Waals surface area contributed by atoms with Gasteiger partial charge in [-0.25, -0.2) is 0 Å². The van der Waals surface area contributed by atoms with Gasteiger partial charge in [-0.15, -0.1) is 0 Å². The molecule has 0 spiro atoms. The van der Waals surface area contributed by atoms with Gasteiger partial charge in [0, 0.05) is 33.9 Å². The highest BCUT2D eigenvalue weighted by Crippen LogP contribution is 2.41. The Bertz CT molecular complexity index is 1310. The third kappa shape index (κ3) is 5.79. The van der Waals surface area contributed by atoms with Gasteiger partial charge in [0.25, 0.3) is 11.8 Å². The molecule has 1 heterocycles. The minimum absolute atomic E-state index is 0.0966. The Morgan fingerprint density at radius 1 is 1.06 bits per heavy atom. The van der Waals surface area contributed by atoms with Crippen LogP contribution in [0.3, 0.4) is 0 Å². The number of aryl methyl sites for hydroxylation is 2. The topological polar surface area (TPSA) is 58.6 Å². The Hall–Kier alpha value is -2.63. The molecule has 35 heavy (non-hydrogen) atoms. The second-order valence-electron chi connectivity index (χ2n) is 8.63. The highest BCUT2D eigenvalue weighted by atomic mass is 35.5. The van der Waals surface area contributed by atoms with Crippen LogP contribution in [0.2, 0.25) is 5.02 Å². The number of hydrogen-bond acceptors (Lipinski definition) is 4. The van der Waals surface area contributed by atoms with Gasteiger partial charge in [-0.1, -0.05) is 29.8 Å². The lowest BCUT2D eigenvalue weighted by molar-refractivity contribution is 0.0985. The van der Waals surface area contributed by atoms with E-state index < -0.39 is 6.92 Å². The van der Waals surface area contributed by atoms with Gasteiger partial charge in [-0.2, -0.15) is 4.52 Å². The second kappa shape index (κ2) is 11.0. The number of fused-ring (bicyclic) bond motifs is 1. The van der Waals surface area contributed by atoms with Gasteiger partial charge in [0.15, 0.2) is 11.8 Å². The fraction of sp³-hybridized carbons (Fsp3) is 0.259. The summed E-state index contributed by atoms with van der Waals surface area (Å²) in [5.74, 6) is -0.274. The molecule has 0 fully saturated rings. The second-order valence-corrected chi connectivity index (χ2v) is 11.7. The Labute approximate surface area is 216 Å². The van der Waals surface area contributed by atoms with Crippen LogP contribution in [0.4, 0.5) is 11.4 Å². The molecule has 0 aliphatic carbocycles. The highest BCUT2D eigenvalue weighted by Gasteiger charge is 2.31. The quantitative estimate of drug-likeness (QED) is 0.358. The lowest BCUT2D eigenvalue weighted by Gasteiger charge is -2.24. The minimum atomic E-state index is -0.976. The summed E-state index contributed by atoms with van der Waals surface area (Å²) in [6.07, 6.45) is 1.36. The molecule has 1 aliphatic rings. The van der Waals surface area contributed by atoms with Crippen LogP contribution in [0.15, 0.2) is 60.7 Å². The van der Waals surface area contributed by atoms with Gasteiger partial charge >= 0.3 is 6.92 Å². The molecule has 2 amide bonds. The molecule has 3 aromatic rings. The number of hydrogen-bond donors (Lipinski definition) is 1. The van der Waals surface area contributed by atoms with Gasteiger partial charge in [0.2, 0.25) is 0 Å². The molecule has 0 aromatic heterocycles. The summed E-state index contributed by atoms with van der Waals surface area (Å²) in [5.41, 5.74) is 5.23. The van der Waals surface area contributed by atoms with Crippen LogP contribution in [0.1, 0.15) is 56.4 Å². The summed E-state index contributed by atoms with van der Waals surface area (Å²) >= 11 is 11.6. The molecule has 0 radical (unpaired) electrons. The smallest absolute Gasteiger partial charge is 0.322 e. The van der Waals surface area contributed by atoms with Crippen molar-refractivity contribution in [3.8, 4) is 0 Å². The maximum absolute atomic E-state index is 13.7. The van der Waals surface area contributed by atoms with E-state index in [0.29, 0.717) is 28.4 Å². The predicted molar refractivity (Wildman–Crippen MR) is 147 cm³/mol. The molecule has 2 unspecified atom stereocenters. The first-order chi connectivity index (χ1) is 16.7. The van der Waals surface area contributed by atoms with Crippen LogP contribution in [-0.4, -0.2) is 25.0 Å². The zero-order valence-electron chi connectivity index (χ0n) is 19.9. The molecule has 0 saturated carbocycles. The van der Waals surface area contributed by atoms with Gasteiger partial charge in [-0.3, -0.25) is 9.59 Å². The van der Waals surface area contributed by atoms with E-state index in [0.717, 1.165) is 35.2 Å². The SMILES string of the molecule is Cc1ccccc1C(=O)Nc1ccc(C(=O)N2CCCC(O[P+](C)=S)c3cc(Cl)ccc32)c(C)c1. The average molecular weight is 526 g/mol. The third-order valence-corrected chi connectivity index (χ3v) is 7.15. The van der Waals surface area contributed by atoms with E-state index in [9.17, 15) is 9.59 Å². The van der Waals surface area contributed by atoms with Crippen molar-refractivity contribution in [2.45, 2.75) is 32.8 Å². The van der Waals surface area contributed by atoms with Crippen LogP contribution in [0, 0.1) is 13.8 Å². The van der Waals surface area contributed by atoms with E-state index in [1.165, 1.54) is 0 Å². The van der Waals surface area contributed by atoms with Gasteiger partial charge in [0.1, 0.15) is 12.8 Å². The van der Waals surface area contributed by atoms with Crippen molar-refractivity contribution in [1.29, 1.82) is 0 Å². The normalized spacial score (nSPS) is 15.7. The molecular formula is C27H27ClN2O3PS+. The zero-order valence-corrected chi connectivity index (χ0v) is 22.3. The van der Waals surface area contributed by atoms with E-state index in [4.69, 9.17) is 27.9 Å². The van der Waals surface area contributed by atoms with Gasteiger partial charge in [0.05, 0.1) is 5.69 Å². The molecule has 1 aliphatic heterocycles. The van der Waals surface area contributed by atoms with Gasteiger partial charge in [-0.05, 0) is 80.3 Å². The van der Waals surface area contributed by atoms with Crippen molar-refractivity contribution in [3.63, 3.8) is 0 Å². The van der Waals surface area contributed by atoms with Crippen molar-refractivity contribution in [1.82, 2.24) is 0 Å². The predicted octanol–water partition coefficient (Wildman–Crippen LogP) is 7.20. The first-order valence-corrected chi connectivity index (χ1v) is 14.5. The van der Waals surface area contributed by atoms with Crippen LogP contribution in [-0.2, 0) is 16.3 Å². The number of nitrogens with one attached hydrogen (secondary N) is 1. The monoisotopic (exact) mass is 525 g/mol. The first kappa shape index (κ1) is 25.5. The zero-order chi connectivity index (χ0) is 25.1. The standard InChI is InChI=1S/C27H26ClN2O3PS/c1-17-7-4-5-8-21(17)26(31)29-20-11-12-22(18(2)15-20)27(32)30-14-6-9-25(33-34(3)35)23-16-19(28)10-13-24(23)30/h4-5,7-8,10-13,15-16,25H,6,9,14H2,1-3H3/p+1. The number of anilines is 2. The lowest BCUT2D eigenvalue weighted by Crippen LogP contribution is -2.32. The fourth-order valence-electron chi connectivity index (χ4n) is 4.39. The molecule has 0 bridgehead atoms. The summed E-state index contributed by atoms with van der Waals surface area (Å²) in [6.45, 7) is 5.27. The van der Waals surface area contributed by atoms with Crippen molar-refractivity contribution < 1.29 is 14.1 Å². The number of amides is 2. The molecule has 4 rings (SSSR count). The number of halogens is 1. The number of nitrogens with zero attached hydrogens (tertiary/aromatic N) is 1. The van der Waals surface area contributed by atoms with Crippen molar-refractivity contribution in [2.24, 2.45) is 0 Å². The molecule has 180 valence electrons. The summed E-state index contributed by atoms with van der Waals surface area (Å²) in [5, 5.41) is 3.54. The maximum Gasteiger partial charge on any atom is 0.334 e. The van der Waals surface area contributed by atoms with Crippen LogP contribution in [0.5, 0.6) is 0 Å². The van der Waals surface area contributed by atoms with E-state index >= 15 is 0 Å². The largest absolute Gasteiger partial charge is 0.334 e. The van der Waals surface area contributed by atoms with Gasteiger partial charge < -0.3 is 10.2 Å². The number of carbonyl (C=O) groups excluding carboxylic acids is 2. The summed E-state index contributed by atoms with van der Waals surface area (Å²) in [7, 11) is 0. The Morgan fingerprint density at radius 2 is 1.83 bits per heavy atom. The average Bonchev–Trinajstić information content (AvgIpc) is 2.98. The number of carbonyl (C=O) groups is 2. The summed E-state index contributed by atoms with van der Waals surface area (Å²) < 4.78 is 6.05. The minimum Gasteiger partial charge on any atom is -0.322 e. The Balaban J connectivity index is 1.60. The summed E-state index contributed by atoms with van der Waals surface area (Å²) in [4.78, 5) is 28.2. The van der Waals surface area contributed by atoms with Crippen molar-refractivity contribution in [3.05, 3.63) is 93.5 Å². The third-order valence-electron chi connectivity index (χ3n) is 6.10. The Kier molecular flexibility index (Phi) is 7.98.